The van der Waals surface area contributed by atoms with Gasteiger partial charge in [-0.15, -0.1) is 0 Å². The number of hydrogen-bond donors (Lipinski definition) is 2. The Labute approximate surface area is 117 Å². The molecule has 5 heteroatoms. The third-order valence-corrected chi connectivity index (χ3v) is 3.47. The molecule has 0 bridgehead atoms. The lowest BCUT2D eigenvalue weighted by Gasteiger charge is -2.24. The van der Waals surface area contributed by atoms with E-state index in [0.29, 0.717) is 13.1 Å². The molecule has 0 saturated carbocycles. The minimum Gasteiger partial charge on any atom is -0.362 e. The molecule has 1 rings (SSSR count). The zero-order valence-electron chi connectivity index (χ0n) is 10.9. The summed E-state index contributed by atoms with van der Waals surface area (Å²) in [6, 6.07) is 6.01. The molecule has 1 aromatic rings. The van der Waals surface area contributed by atoms with Crippen LogP contribution >= 0.6 is 15.9 Å². The summed E-state index contributed by atoms with van der Waals surface area (Å²) < 4.78 is 0.987. The number of nitrogens with two attached hydrogens (primary N) is 1. The predicted molar refractivity (Wildman–Crippen MR) is 78.6 cm³/mol. The Morgan fingerprint density at radius 1 is 1.50 bits per heavy atom. The van der Waals surface area contributed by atoms with E-state index in [-0.39, 0.29) is 5.91 Å². The maximum absolute atomic E-state index is 11.5. The van der Waals surface area contributed by atoms with Gasteiger partial charge in [0.25, 0.3) is 0 Å². The van der Waals surface area contributed by atoms with Crippen LogP contribution in [-0.4, -0.2) is 26.0 Å². The van der Waals surface area contributed by atoms with Crippen molar-refractivity contribution in [3.8, 4) is 0 Å². The summed E-state index contributed by atoms with van der Waals surface area (Å²) in [6.07, 6.45) is 0.993. The van der Waals surface area contributed by atoms with Crippen molar-refractivity contribution in [3.63, 3.8) is 0 Å². The first-order chi connectivity index (χ1) is 8.62. The maximum Gasteiger partial charge on any atom is 0.239 e. The molecule has 100 valence electrons. The fourth-order valence-electron chi connectivity index (χ4n) is 1.72. The van der Waals surface area contributed by atoms with Crippen LogP contribution in [0.5, 0.6) is 0 Å². The Morgan fingerprint density at radius 2 is 2.22 bits per heavy atom. The van der Waals surface area contributed by atoms with Gasteiger partial charge < -0.3 is 16.0 Å². The van der Waals surface area contributed by atoms with Gasteiger partial charge in [-0.25, -0.2) is 0 Å². The monoisotopic (exact) mass is 313 g/mol. The minimum absolute atomic E-state index is 0.0162. The summed E-state index contributed by atoms with van der Waals surface area (Å²) >= 11 is 3.50. The molecule has 0 fully saturated rings. The molecular weight excluding hydrogens is 294 g/mol. The third kappa shape index (κ3) is 3.99. The van der Waals surface area contributed by atoms with Crippen molar-refractivity contribution < 1.29 is 4.79 Å². The second-order valence-electron chi connectivity index (χ2n) is 4.07. The van der Waals surface area contributed by atoms with E-state index in [2.05, 4.69) is 33.1 Å². The molecule has 0 aromatic heterocycles. The lowest BCUT2D eigenvalue weighted by molar-refractivity contribution is -0.119. The number of halogens is 1. The SMILES string of the molecule is CCCN(CC(=O)NC)c1ccc(CN)c(Br)c1. The van der Waals surface area contributed by atoms with Crippen molar-refractivity contribution in [2.75, 3.05) is 25.0 Å². The van der Waals surface area contributed by atoms with E-state index in [1.807, 2.05) is 18.2 Å². The van der Waals surface area contributed by atoms with E-state index in [0.717, 1.165) is 28.7 Å². The largest absolute Gasteiger partial charge is 0.362 e. The van der Waals surface area contributed by atoms with Crippen molar-refractivity contribution in [1.29, 1.82) is 0 Å². The molecule has 1 aromatic carbocycles. The Morgan fingerprint density at radius 3 is 2.72 bits per heavy atom. The summed E-state index contributed by atoms with van der Waals surface area (Å²) in [5.41, 5.74) is 7.73. The highest BCUT2D eigenvalue weighted by Gasteiger charge is 2.11. The normalized spacial score (nSPS) is 10.2. The molecule has 4 nitrogen and oxygen atoms in total. The summed E-state index contributed by atoms with van der Waals surface area (Å²) in [7, 11) is 1.65. The van der Waals surface area contributed by atoms with Gasteiger partial charge in [-0.05, 0) is 24.1 Å². The molecule has 0 saturated heterocycles. The second-order valence-corrected chi connectivity index (χ2v) is 4.93. The van der Waals surface area contributed by atoms with Gasteiger partial charge in [0.2, 0.25) is 5.91 Å². The van der Waals surface area contributed by atoms with Gasteiger partial charge in [0.1, 0.15) is 0 Å². The summed E-state index contributed by atoms with van der Waals surface area (Å²) in [5.74, 6) is 0.0162. The Kier molecular flexibility index (Phi) is 6.15. The van der Waals surface area contributed by atoms with Crippen LogP contribution in [0, 0.1) is 0 Å². The van der Waals surface area contributed by atoms with Crippen LogP contribution in [0.15, 0.2) is 22.7 Å². The lowest BCUT2D eigenvalue weighted by Crippen LogP contribution is -2.36. The third-order valence-electron chi connectivity index (χ3n) is 2.73. The van der Waals surface area contributed by atoms with Crippen molar-refractivity contribution in [2.24, 2.45) is 5.73 Å². The molecule has 0 aliphatic rings. The molecule has 3 N–H and O–H groups in total. The number of carbonyl (C=O) groups is 1. The number of rotatable bonds is 6. The van der Waals surface area contributed by atoms with Gasteiger partial charge in [0, 0.05) is 30.3 Å². The van der Waals surface area contributed by atoms with E-state index in [4.69, 9.17) is 5.73 Å². The summed E-state index contributed by atoms with van der Waals surface area (Å²) in [6.45, 7) is 3.82. The van der Waals surface area contributed by atoms with Crippen molar-refractivity contribution in [2.45, 2.75) is 19.9 Å². The Bertz CT molecular complexity index is 409. The maximum atomic E-state index is 11.5. The van der Waals surface area contributed by atoms with Crippen LogP contribution in [0.25, 0.3) is 0 Å². The van der Waals surface area contributed by atoms with Crippen LogP contribution in [0.3, 0.4) is 0 Å². The first kappa shape index (κ1) is 15.0. The average molecular weight is 314 g/mol. The van der Waals surface area contributed by atoms with Gasteiger partial charge in [0.05, 0.1) is 6.54 Å². The number of nitrogens with one attached hydrogen (secondary N) is 1. The van der Waals surface area contributed by atoms with Gasteiger partial charge in [-0.3, -0.25) is 4.79 Å². The highest BCUT2D eigenvalue weighted by molar-refractivity contribution is 9.10. The fourth-order valence-corrected chi connectivity index (χ4v) is 2.25. The molecule has 0 unspecified atom stereocenters. The average Bonchev–Trinajstić information content (AvgIpc) is 2.38. The van der Waals surface area contributed by atoms with E-state index in [9.17, 15) is 4.79 Å². The van der Waals surface area contributed by atoms with Gasteiger partial charge in [-0.2, -0.15) is 0 Å². The first-order valence-corrected chi connectivity index (χ1v) is 6.85. The van der Waals surface area contributed by atoms with Gasteiger partial charge in [-0.1, -0.05) is 28.9 Å². The van der Waals surface area contributed by atoms with Gasteiger partial charge in [0.15, 0.2) is 0 Å². The van der Waals surface area contributed by atoms with E-state index >= 15 is 0 Å². The molecular formula is C13H20BrN3O. The highest BCUT2D eigenvalue weighted by Crippen LogP contribution is 2.24. The molecule has 18 heavy (non-hydrogen) atoms. The number of benzene rings is 1. The number of hydrogen-bond acceptors (Lipinski definition) is 3. The van der Waals surface area contributed by atoms with Crippen molar-refractivity contribution >= 4 is 27.5 Å². The van der Waals surface area contributed by atoms with E-state index in [1.54, 1.807) is 7.05 Å². The quantitative estimate of drug-likeness (QED) is 0.843. The number of amides is 1. The van der Waals surface area contributed by atoms with E-state index in [1.165, 1.54) is 0 Å². The Hall–Kier alpha value is -1.07. The molecule has 0 atom stereocenters. The number of nitrogens with zero attached hydrogens (tertiary/aromatic N) is 1. The van der Waals surface area contributed by atoms with Crippen LogP contribution in [0.4, 0.5) is 5.69 Å². The zero-order chi connectivity index (χ0) is 13.5. The predicted octanol–water partition coefficient (Wildman–Crippen LogP) is 1.87. The minimum atomic E-state index is 0.0162. The number of likely N-dealkylation sites (N-methyl/N-ethyl adjacent to an activating group) is 1. The highest BCUT2D eigenvalue weighted by atomic mass is 79.9. The lowest BCUT2D eigenvalue weighted by atomic mass is 10.2. The molecule has 1 amide bonds. The van der Waals surface area contributed by atoms with Crippen LogP contribution in [0.1, 0.15) is 18.9 Å². The Balaban J connectivity index is 2.91. The summed E-state index contributed by atoms with van der Waals surface area (Å²) in [5, 5.41) is 2.65. The standard InChI is InChI=1S/C13H20BrN3O/c1-3-6-17(9-13(18)16-2)11-5-4-10(8-15)12(14)7-11/h4-5,7H,3,6,8-9,15H2,1-2H3,(H,16,18). The van der Waals surface area contributed by atoms with Crippen molar-refractivity contribution in [1.82, 2.24) is 5.32 Å². The zero-order valence-corrected chi connectivity index (χ0v) is 12.5. The van der Waals surface area contributed by atoms with Crippen LogP contribution in [-0.2, 0) is 11.3 Å². The molecule has 0 radical (unpaired) electrons. The smallest absolute Gasteiger partial charge is 0.239 e. The molecule has 0 aliphatic heterocycles. The number of carbonyl (C=O) groups excluding carboxylic acids is 1. The van der Waals surface area contributed by atoms with Crippen LogP contribution < -0.4 is 16.0 Å². The first-order valence-electron chi connectivity index (χ1n) is 6.06. The van der Waals surface area contributed by atoms with Crippen LogP contribution in [0.2, 0.25) is 0 Å². The van der Waals surface area contributed by atoms with E-state index < -0.39 is 0 Å². The summed E-state index contributed by atoms with van der Waals surface area (Å²) in [4.78, 5) is 13.6. The number of anilines is 1. The molecule has 0 aliphatic carbocycles. The topological polar surface area (TPSA) is 58.4 Å². The molecule has 0 spiro atoms. The molecule has 0 heterocycles. The second kappa shape index (κ2) is 7.38. The van der Waals surface area contributed by atoms with Gasteiger partial charge >= 0.3 is 0 Å². The van der Waals surface area contributed by atoms with Crippen molar-refractivity contribution in [3.05, 3.63) is 28.2 Å². The fraction of sp³-hybridized carbons (Fsp3) is 0.462.